The fourth-order valence-electron chi connectivity index (χ4n) is 2.71. The smallest absolute Gasteiger partial charge is 0.333 e. The monoisotopic (exact) mass is 282 g/mol. The van der Waals surface area contributed by atoms with Crippen molar-refractivity contribution in [3.63, 3.8) is 0 Å². The Labute approximate surface area is 118 Å². The summed E-state index contributed by atoms with van der Waals surface area (Å²) in [6.07, 6.45) is 1.66. The molecule has 20 heavy (non-hydrogen) atoms. The Hall–Kier alpha value is -1.63. The van der Waals surface area contributed by atoms with E-state index in [2.05, 4.69) is 10.4 Å². The zero-order valence-electron chi connectivity index (χ0n) is 12.5. The molecule has 1 saturated heterocycles. The van der Waals surface area contributed by atoms with Gasteiger partial charge in [0.25, 0.3) is 0 Å². The van der Waals surface area contributed by atoms with Crippen molar-refractivity contribution in [3.05, 3.63) is 15.8 Å². The normalized spacial score (nSPS) is 21.7. The van der Waals surface area contributed by atoms with E-state index in [1.54, 1.807) is 11.6 Å². The second-order valence-electron chi connectivity index (χ2n) is 5.80. The third-order valence-electron chi connectivity index (χ3n) is 3.62. The molecule has 0 spiro atoms. The predicted octanol–water partition coefficient (Wildman–Crippen LogP) is 2.49. The molecule has 1 atom stereocenters. The summed E-state index contributed by atoms with van der Waals surface area (Å²) in [4.78, 5) is 10.9. The van der Waals surface area contributed by atoms with Gasteiger partial charge in [-0.15, -0.1) is 0 Å². The summed E-state index contributed by atoms with van der Waals surface area (Å²) in [7, 11) is 0. The highest BCUT2D eigenvalue weighted by Crippen LogP contribution is 2.32. The Morgan fingerprint density at radius 1 is 1.60 bits per heavy atom. The summed E-state index contributed by atoms with van der Waals surface area (Å²) in [6.45, 7) is 8.94. The van der Waals surface area contributed by atoms with Crippen molar-refractivity contribution < 1.29 is 9.66 Å². The Morgan fingerprint density at radius 3 is 2.85 bits per heavy atom. The van der Waals surface area contributed by atoms with Gasteiger partial charge in [-0.25, -0.2) is 4.68 Å². The molecule has 1 N–H and O–H groups in total. The molecule has 0 saturated carbocycles. The first-order chi connectivity index (χ1) is 9.34. The highest BCUT2D eigenvalue weighted by molar-refractivity contribution is 5.60. The first kappa shape index (κ1) is 14.8. The number of hydrogen-bond donors (Lipinski definition) is 1. The summed E-state index contributed by atoms with van der Waals surface area (Å²) in [6, 6.07) is 0.166. The minimum atomic E-state index is -0.360. The number of rotatable bonds is 4. The van der Waals surface area contributed by atoms with Crippen LogP contribution in [0, 0.1) is 17.0 Å². The molecule has 1 aliphatic rings. The standard InChI is InChI=1S/C13H22N4O3/c1-5-16-12(11(17(18)19)9(2)15-16)14-10-6-7-20-13(3,4)8-10/h10,14H,5-8H2,1-4H3. The second kappa shape index (κ2) is 5.40. The van der Waals surface area contributed by atoms with Crippen LogP contribution in [0.2, 0.25) is 0 Å². The van der Waals surface area contributed by atoms with Gasteiger partial charge in [0.1, 0.15) is 5.69 Å². The molecule has 1 aromatic heterocycles. The zero-order chi connectivity index (χ0) is 14.9. The number of aromatic nitrogens is 2. The van der Waals surface area contributed by atoms with Crippen LogP contribution < -0.4 is 5.32 Å². The molecule has 0 bridgehead atoms. The van der Waals surface area contributed by atoms with Crippen LogP contribution in [-0.4, -0.2) is 33.0 Å². The quantitative estimate of drug-likeness (QED) is 0.677. The molecule has 112 valence electrons. The van der Waals surface area contributed by atoms with Gasteiger partial charge in [-0.2, -0.15) is 5.10 Å². The summed E-state index contributed by atoms with van der Waals surface area (Å²) < 4.78 is 7.34. The molecule has 0 aliphatic carbocycles. The maximum atomic E-state index is 11.2. The van der Waals surface area contributed by atoms with Crippen molar-refractivity contribution in [1.29, 1.82) is 0 Å². The van der Waals surface area contributed by atoms with E-state index in [1.807, 2.05) is 20.8 Å². The van der Waals surface area contributed by atoms with E-state index in [0.29, 0.717) is 24.7 Å². The van der Waals surface area contributed by atoms with Crippen molar-refractivity contribution in [3.8, 4) is 0 Å². The van der Waals surface area contributed by atoms with Crippen LogP contribution >= 0.6 is 0 Å². The average Bonchev–Trinajstić information content (AvgIpc) is 2.64. The van der Waals surface area contributed by atoms with Gasteiger partial charge in [-0.05, 0) is 40.5 Å². The van der Waals surface area contributed by atoms with Crippen LogP contribution in [0.5, 0.6) is 0 Å². The molecule has 1 unspecified atom stereocenters. The number of nitrogens with one attached hydrogen (secondary N) is 1. The Kier molecular flexibility index (Phi) is 3.99. The third kappa shape index (κ3) is 2.92. The van der Waals surface area contributed by atoms with Gasteiger partial charge in [0.2, 0.25) is 5.82 Å². The first-order valence-electron chi connectivity index (χ1n) is 6.96. The van der Waals surface area contributed by atoms with Gasteiger partial charge in [0.15, 0.2) is 0 Å². The molecule has 1 aromatic rings. The minimum absolute atomic E-state index is 0.0798. The van der Waals surface area contributed by atoms with E-state index in [1.165, 1.54) is 0 Å². The highest BCUT2D eigenvalue weighted by atomic mass is 16.6. The van der Waals surface area contributed by atoms with Crippen molar-refractivity contribution in [2.75, 3.05) is 11.9 Å². The molecule has 2 heterocycles. The summed E-state index contributed by atoms with van der Waals surface area (Å²) in [5.74, 6) is 0.512. The number of anilines is 1. The van der Waals surface area contributed by atoms with E-state index in [-0.39, 0.29) is 22.3 Å². The Morgan fingerprint density at radius 2 is 2.30 bits per heavy atom. The van der Waals surface area contributed by atoms with Crippen LogP contribution in [-0.2, 0) is 11.3 Å². The molecule has 7 heteroatoms. The molecule has 7 nitrogen and oxygen atoms in total. The first-order valence-corrected chi connectivity index (χ1v) is 6.96. The lowest BCUT2D eigenvalue weighted by atomic mass is 9.94. The van der Waals surface area contributed by atoms with Gasteiger partial charge >= 0.3 is 5.69 Å². The van der Waals surface area contributed by atoms with Crippen LogP contribution in [0.15, 0.2) is 0 Å². The van der Waals surface area contributed by atoms with Crippen LogP contribution in [0.4, 0.5) is 11.5 Å². The van der Waals surface area contributed by atoms with Crippen molar-refractivity contribution >= 4 is 11.5 Å². The lowest BCUT2D eigenvalue weighted by molar-refractivity contribution is -0.384. The van der Waals surface area contributed by atoms with E-state index < -0.39 is 0 Å². The van der Waals surface area contributed by atoms with Gasteiger partial charge in [-0.1, -0.05) is 0 Å². The highest BCUT2D eigenvalue weighted by Gasteiger charge is 2.32. The van der Waals surface area contributed by atoms with Gasteiger partial charge in [0.05, 0.1) is 10.5 Å². The number of hydrogen-bond acceptors (Lipinski definition) is 5. The average molecular weight is 282 g/mol. The number of nitrogens with zero attached hydrogens (tertiary/aromatic N) is 3. The lowest BCUT2D eigenvalue weighted by Crippen LogP contribution is -2.40. The molecule has 1 fully saturated rings. The van der Waals surface area contributed by atoms with Gasteiger partial charge in [0, 0.05) is 19.2 Å². The largest absolute Gasteiger partial charge is 0.375 e. The topological polar surface area (TPSA) is 82.2 Å². The van der Waals surface area contributed by atoms with E-state index >= 15 is 0 Å². The minimum Gasteiger partial charge on any atom is -0.375 e. The van der Waals surface area contributed by atoms with E-state index in [4.69, 9.17) is 4.74 Å². The summed E-state index contributed by atoms with van der Waals surface area (Å²) >= 11 is 0. The Bertz CT molecular complexity index is 510. The number of ether oxygens (including phenoxy) is 1. The zero-order valence-corrected chi connectivity index (χ0v) is 12.5. The maximum absolute atomic E-state index is 11.2. The summed E-state index contributed by atoms with van der Waals surface area (Å²) in [5, 5.41) is 18.8. The van der Waals surface area contributed by atoms with Crippen LogP contribution in [0.25, 0.3) is 0 Å². The fraction of sp³-hybridized carbons (Fsp3) is 0.769. The van der Waals surface area contributed by atoms with Crippen molar-refractivity contribution in [1.82, 2.24) is 9.78 Å². The fourth-order valence-corrected chi connectivity index (χ4v) is 2.71. The molecule has 1 aliphatic heterocycles. The third-order valence-corrected chi connectivity index (χ3v) is 3.62. The number of aryl methyl sites for hydroxylation is 2. The molecular weight excluding hydrogens is 260 g/mol. The van der Waals surface area contributed by atoms with Gasteiger partial charge in [-0.3, -0.25) is 10.1 Å². The molecule has 0 aromatic carbocycles. The Balaban J connectivity index is 2.26. The predicted molar refractivity (Wildman–Crippen MR) is 76.0 cm³/mol. The number of nitro groups is 1. The van der Waals surface area contributed by atoms with Gasteiger partial charge < -0.3 is 10.1 Å². The van der Waals surface area contributed by atoms with Crippen LogP contribution in [0.1, 0.15) is 39.3 Å². The maximum Gasteiger partial charge on any atom is 0.333 e. The van der Waals surface area contributed by atoms with E-state index in [0.717, 1.165) is 12.8 Å². The van der Waals surface area contributed by atoms with Crippen LogP contribution in [0.3, 0.4) is 0 Å². The van der Waals surface area contributed by atoms with E-state index in [9.17, 15) is 10.1 Å². The molecule has 0 amide bonds. The SMILES string of the molecule is CCn1nc(C)c([N+](=O)[O-])c1NC1CCOC(C)(C)C1. The second-order valence-corrected chi connectivity index (χ2v) is 5.80. The molecular formula is C13H22N4O3. The lowest BCUT2D eigenvalue weighted by Gasteiger charge is -2.36. The summed E-state index contributed by atoms with van der Waals surface area (Å²) in [5.41, 5.74) is 0.332. The molecule has 0 radical (unpaired) electrons. The van der Waals surface area contributed by atoms with Crippen molar-refractivity contribution in [2.45, 2.75) is 58.7 Å². The molecule has 2 rings (SSSR count). The van der Waals surface area contributed by atoms with Crippen molar-refractivity contribution in [2.24, 2.45) is 0 Å².